The van der Waals surface area contributed by atoms with Crippen LogP contribution in [0, 0.1) is 6.92 Å². The van der Waals surface area contributed by atoms with Gasteiger partial charge in [-0.05, 0) is 60.2 Å². The quantitative estimate of drug-likeness (QED) is 0.898. The SMILES string of the molecule is Cc1cc(Br)cnc1Nc1nc2c(s1)CCCC2. The van der Waals surface area contributed by atoms with Gasteiger partial charge < -0.3 is 5.32 Å². The highest BCUT2D eigenvalue weighted by Gasteiger charge is 2.15. The number of halogens is 1. The lowest BCUT2D eigenvalue weighted by atomic mass is 10.0. The van der Waals surface area contributed by atoms with Gasteiger partial charge in [0.05, 0.1) is 5.69 Å². The lowest BCUT2D eigenvalue weighted by molar-refractivity contribution is 0.683. The van der Waals surface area contributed by atoms with Crippen molar-refractivity contribution < 1.29 is 0 Å². The number of nitrogens with zero attached hydrogens (tertiary/aromatic N) is 2. The number of anilines is 2. The van der Waals surface area contributed by atoms with E-state index in [-0.39, 0.29) is 0 Å². The zero-order chi connectivity index (χ0) is 12.5. The summed E-state index contributed by atoms with van der Waals surface area (Å²) in [7, 11) is 0. The van der Waals surface area contributed by atoms with E-state index in [0.717, 1.165) is 27.4 Å². The molecule has 94 valence electrons. The van der Waals surface area contributed by atoms with Crippen LogP contribution in [0.1, 0.15) is 29.0 Å². The number of aryl methyl sites for hydroxylation is 3. The third kappa shape index (κ3) is 2.42. The Hall–Kier alpha value is -0.940. The average Bonchev–Trinajstić information content (AvgIpc) is 2.75. The molecule has 0 bridgehead atoms. The molecule has 5 heteroatoms. The summed E-state index contributed by atoms with van der Waals surface area (Å²) in [6.45, 7) is 2.05. The maximum Gasteiger partial charge on any atom is 0.188 e. The number of aromatic nitrogens is 2. The number of hydrogen-bond donors (Lipinski definition) is 1. The normalized spacial score (nSPS) is 14.3. The molecule has 2 aromatic rings. The van der Waals surface area contributed by atoms with Crippen molar-refractivity contribution in [3.8, 4) is 0 Å². The van der Waals surface area contributed by atoms with Crippen LogP contribution in [0.15, 0.2) is 16.7 Å². The Morgan fingerprint density at radius 1 is 1.33 bits per heavy atom. The zero-order valence-corrected chi connectivity index (χ0v) is 12.6. The Kier molecular flexibility index (Phi) is 3.35. The van der Waals surface area contributed by atoms with E-state index in [1.807, 2.05) is 13.1 Å². The van der Waals surface area contributed by atoms with Crippen molar-refractivity contribution in [1.82, 2.24) is 9.97 Å². The molecule has 0 amide bonds. The summed E-state index contributed by atoms with van der Waals surface area (Å²) < 4.78 is 1.00. The van der Waals surface area contributed by atoms with Crippen LogP contribution in [0.25, 0.3) is 0 Å². The smallest absolute Gasteiger partial charge is 0.188 e. The molecule has 18 heavy (non-hydrogen) atoms. The molecule has 1 aliphatic rings. The minimum absolute atomic E-state index is 0.893. The van der Waals surface area contributed by atoms with Gasteiger partial charge in [-0.3, -0.25) is 0 Å². The summed E-state index contributed by atoms with van der Waals surface area (Å²) in [5.41, 5.74) is 2.40. The number of fused-ring (bicyclic) bond motifs is 1. The van der Waals surface area contributed by atoms with E-state index in [0.29, 0.717) is 0 Å². The average molecular weight is 324 g/mol. The highest BCUT2D eigenvalue weighted by Crippen LogP contribution is 2.31. The van der Waals surface area contributed by atoms with Crippen molar-refractivity contribution in [1.29, 1.82) is 0 Å². The molecule has 2 heterocycles. The zero-order valence-electron chi connectivity index (χ0n) is 10.2. The maximum absolute atomic E-state index is 4.67. The monoisotopic (exact) mass is 323 g/mol. The van der Waals surface area contributed by atoms with Crippen molar-refractivity contribution in [3.63, 3.8) is 0 Å². The Morgan fingerprint density at radius 3 is 2.94 bits per heavy atom. The second kappa shape index (κ2) is 4.97. The van der Waals surface area contributed by atoms with E-state index in [9.17, 15) is 0 Å². The van der Waals surface area contributed by atoms with Crippen LogP contribution >= 0.6 is 27.3 Å². The van der Waals surface area contributed by atoms with Crippen LogP contribution in [0.4, 0.5) is 10.9 Å². The molecule has 3 rings (SSSR count). The molecule has 3 nitrogen and oxygen atoms in total. The number of pyridine rings is 1. The molecule has 0 fully saturated rings. The van der Waals surface area contributed by atoms with Gasteiger partial charge in [0.15, 0.2) is 5.13 Å². The Bertz CT molecular complexity index is 556. The first kappa shape index (κ1) is 12.1. The summed E-state index contributed by atoms with van der Waals surface area (Å²) in [5.74, 6) is 0.893. The van der Waals surface area contributed by atoms with Gasteiger partial charge in [-0.2, -0.15) is 0 Å². The number of rotatable bonds is 2. The first-order chi connectivity index (χ1) is 8.72. The molecule has 0 spiro atoms. The van der Waals surface area contributed by atoms with Crippen molar-refractivity contribution in [2.75, 3.05) is 5.32 Å². The summed E-state index contributed by atoms with van der Waals surface area (Å²) in [6, 6.07) is 2.06. The van der Waals surface area contributed by atoms with E-state index in [4.69, 9.17) is 0 Å². The van der Waals surface area contributed by atoms with Gasteiger partial charge in [-0.25, -0.2) is 9.97 Å². The van der Waals surface area contributed by atoms with Gasteiger partial charge in [0, 0.05) is 15.5 Å². The topological polar surface area (TPSA) is 37.8 Å². The number of thiazole rings is 1. The van der Waals surface area contributed by atoms with Crippen molar-refractivity contribution in [3.05, 3.63) is 32.9 Å². The Balaban J connectivity index is 1.85. The summed E-state index contributed by atoms with van der Waals surface area (Å²) in [6.07, 6.45) is 6.68. The third-order valence-electron chi connectivity index (χ3n) is 3.12. The fourth-order valence-electron chi connectivity index (χ4n) is 2.18. The molecule has 1 N–H and O–H groups in total. The second-order valence-electron chi connectivity index (χ2n) is 4.54. The third-order valence-corrected chi connectivity index (χ3v) is 4.62. The molecule has 0 saturated carbocycles. The number of hydrogen-bond acceptors (Lipinski definition) is 4. The van der Waals surface area contributed by atoms with Gasteiger partial charge in [-0.1, -0.05) is 0 Å². The second-order valence-corrected chi connectivity index (χ2v) is 6.54. The standard InChI is InChI=1S/C13H14BrN3S/c1-8-6-9(14)7-15-12(8)17-13-16-10-4-2-3-5-11(10)18-13/h6-7H,2-5H2,1H3,(H,15,16,17). The van der Waals surface area contributed by atoms with Crippen LogP contribution < -0.4 is 5.32 Å². The lowest BCUT2D eigenvalue weighted by Crippen LogP contribution is -1.99. The highest BCUT2D eigenvalue weighted by molar-refractivity contribution is 9.10. The predicted octanol–water partition coefficient (Wildman–Crippen LogP) is 4.23. The largest absolute Gasteiger partial charge is 0.316 e. The highest BCUT2D eigenvalue weighted by atomic mass is 79.9. The summed E-state index contributed by atoms with van der Waals surface area (Å²) >= 11 is 5.19. The molecular formula is C13H14BrN3S. The first-order valence-corrected chi connectivity index (χ1v) is 7.71. The molecule has 2 aromatic heterocycles. The molecule has 0 saturated heterocycles. The van der Waals surface area contributed by atoms with E-state index in [2.05, 4.69) is 37.3 Å². The van der Waals surface area contributed by atoms with E-state index in [1.54, 1.807) is 11.3 Å². The van der Waals surface area contributed by atoms with Crippen LogP contribution in [-0.2, 0) is 12.8 Å². The van der Waals surface area contributed by atoms with Gasteiger partial charge in [0.2, 0.25) is 0 Å². The maximum atomic E-state index is 4.67. The predicted molar refractivity (Wildman–Crippen MR) is 78.7 cm³/mol. The van der Waals surface area contributed by atoms with Crippen molar-refractivity contribution >= 4 is 38.2 Å². The number of nitrogens with one attached hydrogen (secondary N) is 1. The van der Waals surface area contributed by atoms with Crippen LogP contribution in [0.3, 0.4) is 0 Å². The van der Waals surface area contributed by atoms with Crippen molar-refractivity contribution in [2.45, 2.75) is 32.6 Å². The van der Waals surface area contributed by atoms with Gasteiger partial charge >= 0.3 is 0 Å². The van der Waals surface area contributed by atoms with Gasteiger partial charge in [0.25, 0.3) is 0 Å². The fraction of sp³-hybridized carbons (Fsp3) is 0.385. The molecular weight excluding hydrogens is 310 g/mol. The lowest BCUT2D eigenvalue weighted by Gasteiger charge is -2.06. The van der Waals surface area contributed by atoms with E-state index >= 15 is 0 Å². The summed E-state index contributed by atoms with van der Waals surface area (Å²) in [4.78, 5) is 10.5. The van der Waals surface area contributed by atoms with Crippen LogP contribution in [0.2, 0.25) is 0 Å². The first-order valence-electron chi connectivity index (χ1n) is 6.10. The Morgan fingerprint density at radius 2 is 2.17 bits per heavy atom. The molecule has 1 aliphatic carbocycles. The van der Waals surface area contributed by atoms with Crippen LogP contribution in [-0.4, -0.2) is 9.97 Å². The van der Waals surface area contributed by atoms with Gasteiger partial charge in [-0.15, -0.1) is 11.3 Å². The minimum Gasteiger partial charge on any atom is -0.316 e. The molecule has 0 aliphatic heterocycles. The van der Waals surface area contributed by atoms with Crippen molar-refractivity contribution in [2.24, 2.45) is 0 Å². The van der Waals surface area contributed by atoms with Crippen LogP contribution in [0.5, 0.6) is 0 Å². The fourth-order valence-corrected chi connectivity index (χ4v) is 3.67. The van der Waals surface area contributed by atoms with E-state index < -0.39 is 0 Å². The molecule has 0 unspecified atom stereocenters. The molecule has 0 radical (unpaired) electrons. The van der Waals surface area contributed by atoms with E-state index in [1.165, 1.54) is 29.8 Å². The van der Waals surface area contributed by atoms with Gasteiger partial charge in [0.1, 0.15) is 5.82 Å². The minimum atomic E-state index is 0.893. The summed E-state index contributed by atoms with van der Waals surface area (Å²) in [5, 5.41) is 4.30. The Labute approximate surface area is 119 Å². The molecule has 0 aromatic carbocycles. The molecule has 0 atom stereocenters.